The van der Waals surface area contributed by atoms with E-state index in [4.69, 9.17) is 9.73 Å². The second-order valence-electron chi connectivity index (χ2n) is 6.81. The quantitative estimate of drug-likeness (QED) is 0.497. The fraction of sp³-hybridized carbons (Fsp3) is 0.120. The van der Waals surface area contributed by atoms with E-state index in [1.165, 1.54) is 17.3 Å². The molecule has 1 heterocycles. The van der Waals surface area contributed by atoms with E-state index in [0.29, 0.717) is 16.6 Å². The molecular formula is C25H22N2O2S. The lowest BCUT2D eigenvalue weighted by molar-refractivity contribution is -0.122. The van der Waals surface area contributed by atoms with Gasteiger partial charge >= 0.3 is 0 Å². The second-order valence-corrected chi connectivity index (χ2v) is 7.82. The number of carbonyl (C=O) groups is 1. The summed E-state index contributed by atoms with van der Waals surface area (Å²) >= 11 is 1.41. The SMILES string of the molecule is COc1cccc(C=C2SC(=Nc3ccccc3)N(CCc3ccccc3)C2=O)c1. The van der Waals surface area contributed by atoms with Crippen molar-refractivity contribution in [2.75, 3.05) is 13.7 Å². The predicted molar refractivity (Wildman–Crippen MR) is 124 cm³/mol. The van der Waals surface area contributed by atoms with Crippen LogP contribution in [-0.2, 0) is 11.2 Å². The first kappa shape index (κ1) is 20.0. The zero-order chi connectivity index (χ0) is 20.8. The number of ether oxygens (including phenoxy) is 1. The number of nitrogens with zero attached hydrogens (tertiary/aromatic N) is 2. The van der Waals surface area contributed by atoms with Gasteiger partial charge in [0.15, 0.2) is 5.17 Å². The molecule has 5 heteroatoms. The van der Waals surface area contributed by atoms with Crippen molar-refractivity contribution >= 4 is 34.6 Å². The molecular weight excluding hydrogens is 392 g/mol. The summed E-state index contributed by atoms with van der Waals surface area (Å²) in [6.07, 6.45) is 2.67. The van der Waals surface area contributed by atoms with Gasteiger partial charge in [0, 0.05) is 6.54 Å². The molecule has 30 heavy (non-hydrogen) atoms. The number of thioether (sulfide) groups is 1. The number of hydrogen-bond acceptors (Lipinski definition) is 4. The monoisotopic (exact) mass is 414 g/mol. The van der Waals surface area contributed by atoms with E-state index in [9.17, 15) is 4.79 Å². The van der Waals surface area contributed by atoms with Gasteiger partial charge in [0.05, 0.1) is 17.7 Å². The van der Waals surface area contributed by atoms with Crippen molar-refractivity contribution in [1.29, 1.82) is 0 Å². The normalized spacial score (nSPS) is 16.4. The molecule has 0 bridgehead atoms. The molecule has 0 aromatic heterocycles. The maximum atomic E-state index is 13.2. The van der Waals surface area contributed by atoms with Gasteiger partial charge in [0.25, 0.3) is 5.91 Å². The summed E-state index contributed by atoms with van der Waals surface area (Å²) in [5.41, 5.74) is 2.95. The molecule has 0 N–H and O–H groups in total. The molecule has 3 aromatic carbocycles. The van der Waals surface area contributed by atoms with Gasteiger partial charge in [-0.3, -0.25) is 9.69 Å². The predicted octanol–water partition coefficient (Wildman–Crippen LogP) is 5.54. The lowest BCUT2D eigenvalue weighted by Gasteiger charge is -2.15. The molecule has 0 aliphatic carbocycles. The summed E-state index contributed by atoms with van der Waals surface area (Å²) in [6, 6.07) is 27.6. The number of carbonyl (C=O) groups excluding carboxylic acids is 1. The number of para-hydroxylation sites is 1. The van der Waals surface area contributed by atoms with Crippen LogP contribution >= 0.6 is 11.8 Å². The number of benzene rings is 3. The van der Waals surface area contributed by atoms with E-state index in [1.807, 2.05) is 78.9 Å². The molecule has 1 aliphatic heterocycles. The number of amides is 1. The zero-order valence-corrected chi connectivity index (χ0v) is 17.5. The second kappa shape index (κ2) is 9.46. The lowest BCUT2D eigenvalue weighted by atomic mass is 10.1. The third kappa shape index (κ3) is 4.81. The molecule has 1 amide bonds. The third-order valence-corrected chi connectivity index (χ3v) is 5.73. The first-order valence-electron chi connectivity index (χ1n) is 9.76. The minimum atomic E-state index is -0.0200. The van der Waals surface area contributed by atoms with Crippen LogP contribution in [0.1, 0.15) is 11.1 Å². The molecule has 1 aliphatic rings. The van der Waals surface area contributed by atoms with Gasteiger partial charge in [-0.1, -0.05) is 60.7 Å². The topological polar surface area (TPSA) is 41.9 Å². The average molecular weight is 415 g/mol. The van der Waals surface area contributed by atoms with Crippen LogP contribution in [0.4, 0.5) is 5.69 Å². The van der Waals surface area contributed by atoms with Gasteiger partial charge in [0.2, 0.25) is 0 Å². The van der Waals surface area contributed by atoms with E-state index < -0.39 is 0 Å². The highest BCUT2D eigenvalue weighted by Crippen LogP contribution is 2.34. The highest BCUT2D eigenvalue weighted by Gasteiger charge is 2.33. The van der Waals surface area contributed by atoms with Crippen LogP contribution in [0.5, 0.6) is 5.75 Å². The van der Waals surface area contributed by atoms with Crippen LogP contribution in [0.3, 0.4) is 0 Å². The van der Waals surface area contributed by atoms with Crippen LogP contribution in [-0.4, -0.2) is 29.6 Å². The summed E-state index contributed by atoms with van der Waals surface area (Å²) in [6.45, 7) is 0.580. The van der Waals surface area contributed by atoms with E-state index in [2.05, 4.69) is 12.1 Å². The minimum Gasteiger partial charge on any atom is -0.497 e. The molecule has 1 fully saturated rings. The summed E-state index contributed by atoms with van der Waals surface area (Å²) in [4.78, 5) is 20.4. The van der Waals surface area contributed by atoms with Gasteiger partial charge < -0.3 is 4.74 Å². The van der Waals surface area contributed by atoms with Crippen molar-refractivity contribution < 1.29 is 9.53 Å². The Bertz CT molecular complexity index is 1080. The Balaban J connectivity index is 1.63. The Kier molecular flexibility index (Phi) is 6.30. The van der Waals surface area contributed by atoms with E-state index in [1.54, 1.807) is 12.0 Å². The summed E-state index contributed by atoms with van der Waals surface area (Å²) in [7, 11) is 1.64. The molecule has 1 saturated heterocycles. The fourth-order valence-corrected chi connectivity index (χ4v) is 4.19. The highest BCUT2D eigenvalue weighted by atomic mass is 32.2. The largest absolute Gasteiger partial charge is 0.497 e. The van der Waals surface area contributed by atoms with Crippen molar-refractivity contribution in [3.05, 3.63) is 101 Å². The maximum Gasteiger partial charge on any atom is 0.266 e. The Morgan fingerprint density at radius 3 is 2.43 bits per heavy atom. The molecule has 0 unspecified atom stereocenters. The Morgan fingerprint density at radius 1 is 0.967 bits per heavy atom. The van der Waals surface area contributed by atoms with Gasteiger partial charge in [-0.25, -0.2) is 4.99 Å². The Morgan fingerprint density at radius 2 is 1.70 bits per heavy atom. The molecule has 4 rings (SSSR count). The molecule has 4 nitrogen and oxygen atoms in total. The smallest absolute Gasteiger partial charge is 0.266 e. The van der Waals surface area contributed by atoms with Crippen LogP contribution < -0.4 is 4.74 Å². The molecule has 0 spiro atoms. The Labute approximate surface area is 180 Å². The zero-order valence-electron chi connectivity index (χ0n) is 16.7. The third-order valence-electron chi connectivity index (χ3n) is 4.73. The molecule has 0 radical (unpaired) electrons. The van der Waals surface area contributed by atoms with Crippen molar-refractivity contribution in [2.24, 2.45) is 4.99 Å². The maximum absolute atomic E-state index is 13.2. The summed E-state index contributed by atoms with van der Waals surface area (Å²) in [5, 5.41) is 0.705. The summed E-state index contributed by atoms with van der Waals surface area (Å²) < 4.78 is 5.30. The molecule has 0 atom stereocenters. The van der Waals surface area contributed by atoms with Gasteiger partial charge in [0.1, 0.15) is 5.75 Å². The number of rotatable bonds is 6. The lowest BCUT2D eigenvalue weighted by Crippen LogP contribution is -2.31. The van der Waals surface area contributed by atoms with Gasteiger partial charge in [-0.2, -0.15) is 0 Å². The van der Waals surface area contributed by atoms with Gasteiger partial charge in [-0.15, -0.1) is 0 Å². The van der Waals surface area contributed by atoms with Crippen molar-refractivity contribution in [3.63, 3.8) is 0 Å². The van der Waals surface area contributed by atoms with E-state index >= 15 is 0 Å². The van der Waals surface area contributed by atoms with E-state index in [0.717, 1.165) is 23.4 Å². The molecule has 150 valence electrons. The number of hydrogen-bond donors (Lipinski definition) is 0. The van der Waals surface area contributed by atoms with Gasteiger partial charge in [-0.05, 0) is 59.7 Å². The van der Waals surface area contributed by atoms with E-state index in [-0.39, 0.29) is 5.91 Å². The number of methoxy groups -OCH3 is 1. The number of amidine groups is 1. The highest BCUT2D eigenvalue weighted by molar-refractivity contribution is 8.18. The van der Waals surface area contributed by atoms with Crippen LogP contribution in [0.25, 0.3) is 6.08 Å². The van der Waals surface area contributed by atoms with Crippen molar-refractivity contribution in [2.45, 2.75) is 6.42 Å². The van der Waals surface area contributed by atoms with Crippen LogP contribution in [0.2, 0.25) is 0 Å². The molecule has 3 aromatic rings. The van der Waals surface area contributed by atoms with Crippen molar-refractivity contribution in [1.82, 2.24) is 4.90 Å². The molecule has 0 saturated carbocycles. The summed E-state index contributed by atoms with van der Waals surface area (Å²) in [5.74, 6) is 0.743. The fourth-order valence-electron chi connectivity index (χ4n) is 3.17. The average Bonchev–Trinajstić information content (AvgIpc) is 3.07. The minimum absolute atomic E-state index is 0.0200. The number of aliphatic imine (C=N–C) groups is 1. The van der Waals surface area contributed by atoms with Crippen molar-refractivity contribution in [3.8, 4) is 5.75 Å². The standard InChI is InChI=1S/C25H22N2O2S/c1-29-22-14-8-11-20(17-22)18-23-24(28)27(16-15-19-9-4-2-5-10-19)25(30-23)26-21-12-6-3-7-13-21/h2-14,17-18H,15-16H2,1H3. The van der Waals surface area contributed by atoms with Crippen LogP contribution in [0.15, 0.2) is 94.8 Å². The van der Waals surface area contributed by atoms with Crippen LogP contribution in [0, 0.1) is 0 Å². The first-order valence-corrected chi connectivity index (χ1v) is 10.6. The Hall–Kier alpha value is -3.31. The first-order chi connectivity index (χ1) is 14.7.